The molecule has 0 radical (unpaired) electrons. The predicted molar refractivity (Wildman–Crippen MR) is 154 cm³/mol. The highest BCUT2D eigenvalue weighted by Crippen LogP contribution is 2.43. The minimum Gasteiger partial charge on any atom is -0.366 e. The number of carbonyl (C=O) groups excluding carboxylic acids is 1. The molecule has 38 heavy (non-hydrogen) atoms. The second-order valence-electron chi connectivity index (χ2n) is 10.4. The molecule has 2 aromatic carbocycles. The largest absolute Gasteiger partial charge is 0.366 e. The maximum absolute atomic E-state index is 13.2. The molecular formula is C30H32FN5OS. The van der Waals surface area contributed by atoms with Gasteiger partial charge >= 0.3 is 0 Å². The third kappa shape index (κ3) is 5.00. The summed E-state index contributed by atoms with van der Waals surface area (Å²) in [5, 5.41) is 6.89. The summed E-state index contributed by atoms with van der Waals surface area (Å²) in [5.74, 6) is -0.502. The Labute approximate surface area is 228 Å². The minimum absolute atomic E-state index is 0.0739. The lowest BCUT2D eigenvalue weighted by molar-refractivity contribution is -0.116. The summed E-state index contributed by atoms with van der Waals surface area (Å²) in [4.78, 5) is 21.8. The van der Waals surface area contributed by atoms with E-state index in [1.807, 2.05) is 18.2 Å². The Kier molecular flexibility index (Phi) is 6.92. The fourth-order valence-electron chi connectivity index (χ4n) is 5.35. The zero-order chi connectivity index (χ0) is 27.0. The van der Waals surface area contributed by atoms with Crippen LogP contribution in [0.2, 0.25) is 0 Å². The summed E-state index contributed by atoms with van der Waals surface area (Å²) in [6, 6.07) is 17.9. The van der Waals surface area contributed by atoms with Crippen molar-refractivity contribution in [3.8, 4) is 0 Å². The van der Waals surface area contributed by atoms with Gasteiger partial charge in [-0.2, -0.15) is 0 Å². The van der Waals surface area contributed by atoms with Crippen molar-refractivity contribution in [2.75, 3.05) is 23.8 Å². The molecule has 0 bridgehead atoms. The van der Waals surface area contributed by atoms with E-state index < -0.39 is 0 Å². The average Bonchev–Trinajstić information content (AvgIpc) is 3.23. The molecule has 2 N–H and O–H groups in total. The number of anilines is 2. The van der Waals surface area contributed by atoms with Gasteiger partial charge in [-0.3, -0.25) is 9.78 Å². The highest BCUT2D eigenvalue weighted by molar-refractivity contribution is 7.80. The molecule has 5 rings (SSSR count). The quantitative estimate of drug-likeness (QED) is 0.391. The van der Waals surface area contributed by atoms with Gasteiger partial charge < -0.3 is 20.4 Å². The van der Waals surface area contributed by atoms with E-state index in [0.717, 1.165) is 11.3 Å². The van der Waals surface area contributed by atoms with Crippen LogP contribution in [0.15, 0.2) is 72.9 Å². The van der Waals surface area contributed by atoms with Gasteiger partial charge in [0.2, 0.25) is 5.91 Å². The molecule has 3 aromatic rings. The number of hydrogen-bond donors (Lipinski definition) is 2. The zero-order valence-electron chi connectivity index (χ0n) is 22.0. The van der Waals surface area contributed by atoms with Crippen LogP contribution in [0.5, 0.6) is 0 Å². The Morgan fingerprint density at radius 1 is 1.16 bits per heavy atom. The average molecular weight is 530 g/mol. The number of rotatable bonds is 6. The number of pyridine rings is 1. The summed E-state index contributed by atoms with van der Waals surface area (Å²) in [6.07, 6.45) is 4.31. The van der Waals surface area contributed by atoms with E-state index in [0.29, 0.717) is 17.3 Å². The number of allylic oxidation sites excluding steroid dienone is 1. The summed E-state index contributed by atoms with van der Waals surface area (Å²) in [5.41, 5.74) is 6.09. The third-order valence-corrected chi connectivity index (χ3v) is 7.84. The number of halogens is 1. The third-order valence-electron chi connectivity index (χ3n) is 7.49. The fourth-order valence-corrected chi connectivity index (χ4v) is 5.68. The fraction of sp³-hybridized carbons (Fsp3) is 0.300. The van der Waals surface area contributed by atoms with Gasteiger partial charge in [-0.1, -0.05) is 18.2 Å². The smallest absolute Gasteiger partial charge is 0.226 e. The second kappa shape index (κ2) is 10.2. The molecule has 2 atom stereocenters. The maximum atomic E-state index is 13.2. The molecule has 8 heteroatoms. The maximum Gasteiger partial charge on any atom is 0.226 e. The summed E-state index contributed by atoms with van der Waals surface area (Å²) >= 11 is 5.78. The van der Waals surface area contributed by atoms with E-state index >= 15 is 0 Å². The molecule has 3 heterocycles. The van der Waals surface area contributed by atoms with E-state index in [9.17, 15) is 9.18 Å². The van der Waals surface area contributed by atoms with Gasteiger partial charge in [-0.05, 0) is 92.7 Å². The van der Waals surface area contributed by atoms with Crippen molar-refractivity contribution in [1.82, 2.24) is 15.2 Å². The summed E-state index contributed by atoms with van der Waals surface area (Å²) in [6.45, 7) is 7.00. The molecule has 196 valence electrons. The van der Waals surface area contributed by atoms with E-state index in [1.54, 1.807) is 18.3 Å². The standard InChI is InChI=1S/C30H32FN5OS/c1-19-18-30(2,3)35(4)25-13-8-20(17-23(19)25)28-27(24-7-5-6-15-32-24)34-29(38)36(28)16-14-26(37)33-22-11-9-21(31)10-12-22/h5-13,15,17-18,27-28H,14,16H2,1-4H3,(H,33,37)(H,34,38). The molecular weight excluding hydrogens is 497 g/mol. The first-order chi connectivity index (χ1) is 18.1. The highest BCUT2D eigenvalue weighted by Gasteiger charge is 2.40. The Morgan fingerprint density at radius 3 is 2.63 bits per heavy atom. The highest BCUT2D eigenvalue weighted by atomic mass is 32.1. The van der Waals surface area contributed by atoms with Crippen LogP contribution < -0.4 is 15.5 Å². The molecule has 2 unspecified atom stereocenters. The first-order valence-electron chi connectivity index (χ1n) is 12.7. The van der Waals surface area contributed by atoms with Crippen molar-refractivity contribution in [1.29, 1.82) is 0 Å². The van der Waals surface area contributed by atoms with Gasteiger partial charge in [-0.15, -0.1) is 0 Å². The Morgan fingerprint density at radius 2 is 1.92 bits per heavy atom. The lowest BCUT2D eigenvalue weighted by atomic mass is 9.86. The molecule has 1 fully saturated rings. The summed E-state index contributed by atoms with van der Waals surface area (Å²) in [7, 11) is 2.12. The number of aromatic nitrogens is 1. The topological polar surface area (TPSA) is 60.5 Å². The van der Waals surface area contributed by atoms with Crippen LogP contribution >= 0.6 is 12.2 Å². The van der Waals surface area contributed by atoms with E-state index in [4.69, 9.17) is 12.2 Å². The van der Waals surface area contributed by atoms with Crippen LogP contribution in [0.25, 0.3) is 5.57 Å². The lowest BCUT2D eigenvalue weighted by Crippen LogP contribution is -2.42. The monoisotopic (exact) mass is 529 g/mol. The predicted octanol–water partition coefficient (Wildman–Crippen LogP) is 5.85. The molecule has 1 saturated heterocycles. The number of benzene rings is 2. The molecule has 1 aromatic heterocycles. The van der Waals surface area contributed by atoms with Crippen molar-refractivity contribution >= 4 is 40.2 Å². The molecule has 1 amide bonds. The van der Waals surface area contributed by atoms with Crippen LogP contribution in [0.1, 0.15) is 56.1 Å². The molecule has 2 aliphatic rings. The molecule has 6 nitrogen and oxygen atoms in total. The van der Waals surface area contributed by atoms with Crippen LogP contribution in [0.3, 0.4) is 0 Å². The normalized spacial score (nSPS) is 20.0. The van der Waals surface area contributed by atoms with Crippen LogP contribution in [-0.2, 0) is 4.79 Å². The van der Waals surface area contributed by atoms with Crippen LogP contribution in [-0.4, -0.2) is 40.0 Å². The summed E-state index contributed by atoms with van der Waals surface area (Å²) < 4.78 is 13.2. The SMILES string of the molecule is CC1=CC(C)(C)N(C)c2ccc(C3C(c4ccccn4)NC(=S)N3CCC(=O)Nc3ccc(F)cc3)cc21. The number of carbonyl (C=O) groups is 1. The number of fused-ring (bicyclic) bond motifs is 1. The van der Waals surface area contributed by atoms with E-state index in [1.165, 1.54) is 29.0 Å². The van der Waals surface area contributed by atoms with Gasteiger partial charge in [0, 0.05) is 43.1 Å². The van der Waals surface area contributed by atoms with Crippen LogP contribution in [0.4, 0.5) is 15.8 Å². The van der Waals surface area contributed by atoms with E-state index in [-0.39, 0.29) is 35.8 Å². The van der Waals surface area contributed by atoms with E-state index in [2.05, 4.69) is 77.5 Å². The lowest BCUT2D eigenvalue weighted by Gasteiger charge is -2.41. The number of thiocarbonyl (C=S) groups is 1. The van der Waals surface area contributed by atoms with Crippen molar-refractivity contribution < 1.29 is 9.18 Å². The van der Waals surface area contributed by atoms with Crippen molar-refractivity contribution in [3.63, 3.8) is 0 Å². The van der Waals surface area contributed by atoms with Crippen molar-refractivity contribution in [3.05, 3.63) is 95.6 Å². The molecule has 2 aliphatic heterocycles. The van der Waals surface area contributed by atoms with Gasteiger partial charge in [-0.25, -0.2) is 4.39 Å². The number of nitrogens with zero attached hydrogens (tertiary/aromatic N) is 3. The first-order valence-corrected chi connectivity index (χ1v) is 13.2. The minimum atomic E-state index is -0.343. The van der Waals surface area contributed by atoms with Gasteiger partial charge in [0.15, 0.2) is 5.11 Å². The number of likely N-dealkylation sites (N-methyl/N-ethyl adjacent to an activating group) is 1. The number of amides is 1. The van der Waals surface area contributed by atoms with Crippen molar-refractivity contribution in [2.24, 2.45) is 0 Å². The molecule has 0 spiro atoms. The first kappa shape index (κ1) is 25.9. The zero-order valence-corrected chi connectivity index (χ0v) is 22.8. The number of hydrogen-bond acceptors (Lipinski definition) is 4. The van der Waals surface area contributed by atoms with Gasteiger partial charge in [0.05, 0.1) is 23.3 Å². The Bertz CT molecular complexity index is 1390. The van der Waals surface area contributed by atoms with Crippen LogP contribution in [0, 0.1) is 5.82 Å². The Hall–Kier alpha value is -3.78. The molecule has 0 aliphatic carbocycles. The van der Waals surface area contributed by atoms with Gasteiger partial charge in [0.1, 0.15) is 5.82 Å². The number of nitrogens with one attached hydrogen (secondary N) is 2. The second-order valence-corrected chi connectivity index (χ2v) is 10.8. The Balaban J connectivity index is 1.45. The van der Waals surface area contributed by atoms with Gasteiger partial charge in [0.25, 0.3) is 0 Å². The van der Waals surface area contributed by atoms with Crippen molar-refractivity contribution in [2.45, 2.75) is 44.8 Å². The molecule has 0 saturated carbocycles.